The minimum atomic E-state index is -5.30. The molecule has 0 aliphatic carbocycles. The molecular weight excluding hydrogens is 332 g/mol. The molecule has 0 bridgehead atoms. The highest BCUT2D eigenvalue weighted by atomic mass is 31.2. The molecule has 0 atom stereocenters. The monoisotopic (exact) mass is 361 g/mol. The first kappa shape index (κ1) is 22.2. The average molecular weight is 361 g/mol. The van der Waals surface area contributed by atoms with Crippen molar-refractivity contribution in [1.29, 1.82) is 0 Å². The van der Waals surface area contributed by atoms with Gasteiger partial charge < -0.3 is 30.0 Å². The molecule has 0 aromatic rings. The molecule has 10 heteroatoms. The van der Waals surface area contributed by atoms with Gasteiger partial charge in [-0.25, -0.2) is 0 Å². The SMILES string of the molecule is CNCCCCCCCCCCC(O)(P(=O)(O)O)P(=O)(O)O. The predicted molar refractivity (Wildman–Crippen MR) is 84.5 cm³/mol. The molecular formula is C12H29NO7P2. The van der Waals surface area contributed by atoms with Crippen molar-refractivity contribution in [2.24, 2.45) is 0 Å². The summed E-state index contributed by atoms with van der Waals surface area (Å²) in [5.41, 5.74) is 0. The molecule has 0 spiro atoms. The minimum absolute atomic E-state index is 0.159. The second kappa shape index (κ2) is 10.2. The van der Waals surface area contributed by atoms with Gasteiger partial charge in [-0.05, 0) is 32.9 Å². The van der Waals surface area contributed by atoms with Crippen molar-refractivity contribution >= 4 is 15.2 Å². The van der Waals surface area contributed by atoms with Gasteiger partial charge in [0.05, 0.1) is 0 Å². The van der Waals surface area contributed by atoms with Crippen LogP contribution < -0.4 is 5.32 Å². The van der Waals surface area contributed by atoms with Gasteiger partial charge in [0.25, 0.3) is 5.08 Å². The first-order valence-electron chi connectivity index (χ1n) is 7.54. The number of hydrogen-bond donors (Lipinski definition) is 6. The van der Waals surface area contributed by atoms with Gasteiger partial charge in [0.15, 0.2) is 0 Å². The molecule has 0 amide bonds. The van der Waals surface area contributed by atoms with Crippen LogP contribution in [0.25, 0.3) is 0 Å². The number of rotatable bonds is 13. The molecule has 0 saturated carbocycles. The van der Waals surface area contributed by atoms with Crippen molar-refractivity contribution < 1.29 is 33.8 Å². The Morgan fingerprint density at radius 3 is 1.50 bits per heavy atom. The van der Waals surface area contributed by atoms with Gasteiger partial charge in [-0.15, -0.1) is 0 Å². The first-order valence-corrected chi connectivity index (χ1v) is 10.8. The molecule has 134 valence electrons. The largest absolute Gasteiger partial charge is 0.369 e. The Labute approximate surface area is 131 Å². The van der Waals surface area contributed by atoms with Crippen LogP contribution in [0.2, 0.25) is 0 Å². The van der Waals surface area contributed by atoms with E-state index in [0.29, 0.717) is 6.42 Å². The molecule has 0 saturated heterocycles. The summed E-state index contributed by atoms with van der Waals surface area (Å²) in [4.78, 5) is 35.9. The van der Waals surface area contributed by atoms with Crippen LogP contribution in [-0.4, -0.2) is 43.4 Å². The lowest BCUT2D eigenvalue weighted by atomic mass is 10.1. The zero-order chi connectivity index (χ0) is 17.3. The second-order valence-electron chi connectivity index (χ2n) is 5.54. The van der Waals surface area contributed by atoms with E-state index in [0.717, 1.165) is 45.1 Å². The van der Waals surface area contributed by atoms with Crippen LogP contribution >= 0.6 is 15.2 Å². The van der Waals surface area contributed by atoms with E-state index in [1.807, 2.05) is 7.05 Å². The van der Waals surface area contributed by atoms with E-state index in [1.54, 1.807) is 0 Å². The van der Waals surface area contributed by atoms with Crippen LogP contribution in [0.15, 0.2) is 0 Å². The quantitative estimate of drug-likeness (QED) is 0.215. The first-order chi connectivity index (χ1) is 10.1. The maximum absolute atomic E-state index is 11.1. The molecule has 0 heterocycles. The number of nitrogens with one attached hydrogen (secondary N) is 1. The Morgan fingerprint density at radius 2 is 1.14 bits per heavy atom. The van der Waals surface area contributed by atoms with Crippen molar-refractivity contribution in [3.8, 4) is 0 Å². The normalized spacial score (nSPS) is 13.5. The summed E-state index contributed by atoms with van der Waals surface area (Å²) < 4.78 is 22.3. The fraction of sp³-hybridized carbons (Fsp3) is 1.00. The third kappa shape index (κ3) is 7.66. The molecule has 0 aliphatic rings. The van der Waals surface area contributed by atoms with Crippen LogP contribution in [0.3, 0.4) is 0 Å². The van der Waals surface area contributed by atoms with Crippen molar-refractivity contribution in [1.82, 2.24) is 5.32 Å². The molecule has 0 unspecified atom stereocenters. The van der Waals surface area contributed by atoms with Gasteiger partial charge in [0.1, 0.15) is 0 Å². The Hall–Kier alpha value is 0.220. The standard InChI is InChI=1S/C12H29NO7P2/c1-13-11-9-7-5-3-2-4-6-8-10-12(14,21(15,16)17)22(18,19)20/h13-14H,2-11H2,1H3,(H2,15,16,17)(H2,18,19,20). The van der Waals surface area contributed by atoms with Gasteiger partial charge in [0.2, 0.25) is 0 Å². The zero-order valence-electron chi connectivity index (χ0n) is 13.0. The van der Waals surface area contributed by atoms with E-state index in [4.69, 9.17) is 19.6 Å². The summed E-state index contributed by atoms with van der Waals surface area (Å²) >= 11 is 0. The van der Waals surface area contributed by atoms with Gasteiger partial charge in [0, 0.05) is 0 Å². The predicted octanol–water partition coefficient (Wildman–Crippen LogP) is 1.72. The maximum Gasteiger partial charge on any atom is 0.369 e. The van der Waals surface area contributed by atoms with E-state index in [2.05, 4.69) is 5.32 Å². The lowest BCUT2D eigenvalue weighted by Gasteiger charge is -2.29. The van der Waals surface area contributed by atoms with Gasteiger partial charge in [-0.3, -0.25) is 9.13 Å². The summed E-state index contributed by atoms with van der Waals surface area (Å²) in [5, 5.41) is 9.49. The highest BCUT2D eigenvalue weighted by Gasteiger charge is 2.58. The average Bonchev–Trinajstić information content (AvgIpc) is 2.38. The lowest BCUT2D eigenvalue weighted by Crippen LogP contribution is -2.28. The Morgan fingerprint density at radius 1 is 0.773 bits per heavy atom. The van der Waals surface area contributed by atoms with Crippen molar-refractivity contribution in [3.63, 3.8) is 0 Å². The van der Waals surface area contributed by atoms with Gasteiger partial charge in [-0.1, -0.05) is 38.5 Å². The van der Waals surface area contributed by atoms with Crippen LogP contribution in [0.1, 0.15) is 57.8 Å². The fourth-order valence-corrected chi connectivity index (χ4v) is 4.44. The molecule has 6 N–H and O–H groups in total. The molecule has 0 aromatic heterocycles. The maximum atomic E-state index is 11.1. The summed E-state index contributed by atoms with van der Waals surface area (Å²) in [6.45, 7) is 1.00. The minimum Gasteiger partial charge on any atom is -0.368 e. The van der Waals surface area contributed by atoms with Crippen molar-refractivity contribution in [2.45, 2.75) is 62.9 Å². The molecule has 22 heavy (non-hydrogen) atoms. The van der Waals surface area contributed by atoms with Crippen LogP contribution in [0, 0.1) is 0 Å². The number of unbranched alkanes of at least 4 members (excludes halogenated alkanes) is 7. The van der Waals surface area contributed by atoms with Crippen molar-refractivity contribution in [2.75, 3.05) is 13.6 Å². The summed E-state index contributed by atoms with van der Waals surface area (Å²) in [6.07, 6.45) is 6.36. The Balaban J connectivity index is 3.94. The molecule has 0 aliphatic heterocycles. The highest BCUT2D eigenvalue weighted by molar-refractivity contribution is 7.72. The summed E-state index contributed by atoms with van der Waals surface area (Å²) in [7, 11) is -8.69. The second-order valence-corrected chi connectivity index (χ2v) is 9.55. The molecule has 8 nitrogen and oxygen atoms in total. The summed E-state index contributed by atoms with van der Waals surface area (Å²) in [6, 6.07) is 0. The van der Waals surface area contributed by atoms with E-state index in [9.17, 15) is 14.2 Å². The highest BCUT2D eigenvalue weighted by Crippen LogP contribution is 2.69. The smallest absolute Gasteiger partial charge is 0.368 e. The van der Waals surface area contributed by atoms with E-state index in [-0.39, 0.29) is 6.42 Å². The molecule has 0 aromatic carbocycles. The van der Waals surface area contributed by atoms with E-state index in [1.165, 1.54) is 0 Å². The van der Waals surface area contributed by atoms with E-state index < -0.39 is 26.7 Å². The molecule has 0 rings (SSSR count). The number of hydrogen-bond acceptors (Lipinski definition) is 4. The summed E-state index contributed by atoms with van der Waals surface area (Å²) in [5.74, 6) is 0. The third-order valence-electron chi connectivity index (χ3n) is 3.62. The van der Waals surface area contributed by atoms with Crippen LogP contribution in [0.5, 0.6) is 0 Å². The van der Waals surface area contributed by atoms with Gasteiger partial charge >= 0.3 is 15.2 Å². The van der Waals surface area contributed by atoms with Crippen LogP contribution in [-0.2, 0) is 9.13 Å². The van der Waals surface area contributed by atoms with Gasteiger partial charge in [-0.2, -0.15) is 0 Å². The molecule has 0 fully saturated rings. The third-order valence-corrected chi connectivity index (χ3v) is 7.50. The van der Waals surface area contributed by atoms with Crippen LogP contribution in [0.4, 0.5) is 0 Å². The number of aliphatic hydroxyl groups is 1. The lowest BCUT2D eigenvalue weighted by molar-refractivity contribution is 0.120. The van der Waals surface area contributed by atoms with Crippen molar-refractivity contribution in [3.05, 3.63) is 0 Å². The molecule has 0 radical (unpaired) electrons. The zero-order valence-corrected chi connectivity index (χ0v) is 14.8. The van der Waals surface area contributed by atoms with E-state index >= 15 is 0 Å². The Kier molecular flexibility index (Phi) is 10.3. The topological polar surface area (TPSA) is 147 Å². The Bertz CT molecular complexity index is 371. The fourth-order valence-electron chi connectivity index (χ4n) is 2.19.